The summed E-state index contributed by atoms with van der Waals surface area (Å²) in [5.74, 6) is -0.764. The Morgan fingerprint density at radius 1 is 1.15 bits per heavy atom. The third-order valence-electron chi connectivity index (χ3n) is 7.33. The van der Waals surface area contributed by atoms with E-state index in [1.165, 1.54) is 7.11 Å². The van der Waals surface area contributed by atoms with Crippen molar-refractivity contribution in [1.82, 2.24) is 30.1 Å². The zero-order chi connectivity index (χ0) is 28.4. The number of halogens is 1. The largest absolute Gasteiger partial charge is 0.469 e. The van der Waals surface area contributed by atoms with Crippen LogP contribution in [0.5, 0.6) is 0 Å². The first-order valence-electron chi connectivity index (χ1n) is 12.9. The van der Waals surface area contributed by atoms with Crippen LogP contribution in [0.3, 0.4) is 0 Å². The van der Waals surface area contributed by atoms with Crippen molar-refractivity contribution in [3.05, 3.63) is 46.9 Å². The predicted molar refractivity (Wildman–Crippen MR) is 150 cm³/mol. The van der Waals surface area contributed by atoms with Gasteiger partial charge in [0.1, 0.15) is 0 Å². The van der Waals surface area contributed by atoms with E-state index in [0.717, 1.165) is 10.9 Å². The smallest absolute Gasteiger partial charge is 0.305 e. The van der Waals surface area contributed by atoms with Gasteiger partial charge in [0.25, 0.3) is 11.8 Å². The van der Waals surface area contributed by atoms with E-state index in [-0.39, 0.29) is 39.9 Å². The van der Waals surface area contributed by atoms with Crippen LogP contribution in [-0.2, 0) is 16.1 Å². The van der Waals surface area contributed by atoms with Crippen molar-refractivity contribution in [3.8, 4) is 0 Å². The molecule has 1 aromatic carbocycles. The van der Waals surface area contributed by atoms with E-state index in [1.54, 1.807) is 0 Å². The van der Waals surface area contributed by atoms with Gasteiger partial charge in [0, 0.05) is 48.7 Å². The average Bonchev–Trinajstić information content (AvgIpc) is 3.54. The van der Waals surface area contributed by atoms with Gasteiger partial charge in [0.15, 0.2) is 28.4 Å². The number of esters is 1. The standard InChI is InChI=1S/C26H30ClN9O4/c1-40-18(37)6-3-10-35-11-7-15-16(4-2-5-17(15)35)24(39)36-12-8-26(9-13-36)14-30-25(34-26)33-23(38)19-21(28)32-22(29)20(27)31-19/h2,4-5,7,11H,3,6,8-10,12-14H2,1H3,(H4,28,29,32)(H2,30,33,34,38). The first-order chi connectivity index (χ1) is 19.2. The maximum Gasteiger partial charge on any atom is 0.305 e. The lowest BCUT2D eigenvalue weighted by Crippen LogP contribution is -2.57. The van der Waals surface area contributed by atoms with Crippen LogP contribution in [0.4, 0.5) is 11.6 Å². The zero-order valence-corrected chi connectivity index (χ0v) is 22.7. The molecule has 13 nitrogen and oxygen atoms in total. The van der Waals surface area contributed by atoms with Crippen LogP contribution >= 0.6 is 11.6 Å². The van der Waals surface area contributed by atoms with Crippen molar-refractivity contribution < 1.29 is 19.1 Å². The van der Waals surface area contributed by atoms with E-state index < -0.39 is 5.91 Å². The van der Waals surface area contributed by atoms with Crippen LogP contribution in [-0.4, -0.2) is 75.5 Å². The first kappa shape index (κ1) is 27.2. The van der Waals surface area contributed by atoms with E-state index in [1.807, 2.05) is 39.9 Å². The normalized spacial score (nSPS) is 16.1. The lowest BCUT2D eigenvalue weighted by molar-refractivity contribution is -0.140. The van der Waals surface area contributed by atoms with Crippen LogP contribution in [0.2, 0.25) is 5.15 Å². The Kier molecular flexibility index (Phi) is 7.48. The van der Waals surface area contributed by atoms with Crippen molar-refractivity contribution >= 4 is 57.9 Å². The molecule has 1 fully saturated rings. The highest BCUT2D eigenvalue weighted by Crippen LogP contribution is 2.29. The van der Waals surface area contributed by atoms with E-state index in [2.05, 4.69) is 25.6 Å². The minimum Gasteiger partial charge on any atom is -0.469 e. The number of piperidine rings is 1. The third-order valence-corrected chi connectivity index (χ3v) is 7.61. The van der Waals surface area contributed by atoms with E-state index >= 15 is 0 Å². The van der Waals surface area contributed by atoms with Gasteiger partial charge in [-0.3, -0.25) is 24.7 Å². The number of likely N-dealkylation sites (tertiary alicyclic amines) is 1. The molecular weight excluding hydrogens is 538 g/mol. The molecule has 2 aromatic heterocycles. The minimum absolute atomic E-state index is 0.0329. The summed E-state index contributed by atoms with van der Waals surface area (Å²) in [5, 5.41) is 6.75. The first-order valence-corrected chi connectivity index (χ1v) is 13.2. The lowest BCUT2D eigenvalue weighted by Gasteiger charge is -2.39. The molecule has 0 aliphatic carbocycles. The Balaban J connectivity index is 1.19. The summed E-state index contributed by atoms with van der Waals surface area (Å²) >= 11 is 5.89. The van der Waals surface area contributed by atoms with Gasteiger partial charge in [0.05, 0.1) is 19.2 Å². The number of nitrogens with one attached hydrogen (secondary N) is 2. The molecule has 5 rings (SSSR count). The molecule has 2 aliphatic heterocycles. The molecular formula is C26H30ClN9O4. The summed E-state index contributed by atoms with van der Waals surface area (Å²) in [6.45, 7) is 2.17. The van der Waals surface area contributed by atoms with E-state index in [0.29, 0.717) is 63.4 Å². The summed E-state index contributed by atoms with van der Waals surface area (Å²) in [4.78, 5) is 51.7. The second-order valence-electron chi connectivity index (χ2n) is 9.88. The maximum atomic E-state index is 13.5. The van der Waals surface area contributed by atoms with Gasteiger partial charge >= 0.3 is 5.97 Å². The fourth-order valence-corrected chi connectivity index (χ4v) is 5.23. The number of benzene rings is 1. The van der Waals surface area contributed by atoms with Crippen LogP contribution in [0.15, 0.2) is 35.5 Å². The Morgan fingerprint density at radius 3 is 2.67 bits per heavy atom. The Bertz CT molecular complexity index is 1510. The Hall–Kier alpha value is -4.39. The van der Waals surface area contributed by atoms with Crippen molar-refractivity contribution in [1.29, 1.82) is 0 Å². The van der Waals surface area contributed by atoms with Crippen molar-refractivity contribution in [2.24, 2.45) is 4.99 Å². The number of nitrogen functional groups attached to an aromatic ring is 2. The summed E-state index contributed by atoms with van der Waals surface area (Å²) in [6, 6.07) is 7.64. The molecule has 40 heavy (non-hydrogen) atoms. The number of nitrogens with two attached hydrogens (primary N) is 2. The number of anilines is 2. The molecule has 1 saturated heterocycles. The summed E-state index contributed by atoms with van der Waals surface area (Å²) in [6.07, 6.45) is 4.24. The number of ether oxygens (including phenoxy) is 1. The summed E-state index contributed by atoms with van der Waals surface area (Å²) < 4.78 is 6.77. The fraction of sp³-hybridized carbons (Fsp3) is 0.385. The van der Waals surface area contributed by atoms with Crippen molar-refractivity contribution in [2.45, 2.75) is 37.8 Å². The molecule has 2 aliphatic rings. The number of aromatic nitrogens is 3. The van der Waals surface area contributed by atoms with Gasteiger partial charge in [-0.25, -0.2) is 9.97 Å². The number of aryl methyl sites for hydroxylation is 1. The highest BCUT2D eigenvalue weighted by Gasteiger charge is 2.40. The van der Waals surface area contributed by atoms with Crippen LogP contribution in [0, 0.1) is 0 Å². The summed E-state index contributed by atoms with van der Waals surface area (Å²) in [7, 11) is 1.38. The third kappa shape index (κ3) is 5.37. The highest BCUT2D eigenvalue weighted by atomic mass is 35.5. The van der Waals surface area contributed by atoms with Gasteiger partial charge in [-0.15, -0.1) is 0 Å². The monoisotopic (exact) mass is 567 g/mol. The maximum absolute atomic E-state index is 13.5. The molecule has 1 spiro atoms. The molecule has 0 bridgehead atoms. The van der Waals surface area contributed by atoms with Crippen LogP contribution in [0.25, 0.3) is 10.9 Å². The number of hydrogen-bond acceptors (Lipinski definition) is 10. The second-order valence-corrected chi connectivity index (χ2v) is 10.2. The molecule has 2 amide bonds. The van der Waals surface area contributed by atoms with Crippen LogP contribution in [0.1, 0.15) is 46.5 Å². The number of nitrogens with zero attached hydrogens (tertiary/aromatic N) is 5. The molecule has 6 N–H and O–H groups in total. The number of carbonyl (C=O) groups is 3. The number of hydrogen-bond donors (Lipinski definition) is 4. The zero-order valence-electron chi connectivity index (χ0n) is 21.9. The quantitative estimate of drug-likeness (QED) is 0.321. The topological polar surface area (TPSA) is 183 Å². The van der Waals surface area contributed by atoms with Gasteiger partial charge in [-0.2, -0.15) is 0 Å². The second kappa shape index (κ2) is 11.0. The fourth-order valence-electron chi connectivity index (χ4n) is 5.10. The molecule has 0 unspecified atom stereocenters. The SMILES string of the molecule is COC(=O)CCCn1ccc2c(C(=O)N3CCC4(CC3)CN=C(NC(=O)c3nc(Cl)c(N)nc3N)N4)cccc21. The van der Waals surface area contributed by atoms with Gasteiger partial charge in [0.2, 0.25) is 0 Å². The number of aliphatic imine (C=N–C) groups is 1. The van der Waals surface area contributed by atoms with Crippen molar-refractivity contribution in [3.63, 3.8) is 0 Å². The van der Waals surface area contributed by atoms with Gasteiger partial charge in [-0.1, -0.05) is 17.7 Å². The molecule has 3 aromatic rings. The van der Waals surface area contributed by atoms with Gasteiger partial charge in [-0.05, 0) is 37.5 Å². The van der Waals surface area contributed by atoms with Crippen LogP contribution < -0.4 is 22.1 Å². The summed E-state index contributed by atoms with van der Waals surface area (Å²) in [5.41, 5.74) is 12.4. The highest BCUT2D eigenvalue weighted by molar-refractivity contribution is 6.31. The number of fused-ring (bicyclic) bond motifs is 1. The number of rotatable bonds is 6. The molecule has 14 heteroatoms. The predicted octanol–water partition coefficient (Wildman–Crippen LogP) is 1.57. The number of methoxy groups -OCH3 is 1. The minimum atomic E-state index is -0.604. The Labute approximate surface area is 234 Å². The van der Waals surface area contributed by atoms with E-state index in [4.69, 9.17) is 27.8 Å². The molecule has 4 heterocycles. The Morgan fingerprint density at radius 2 is 1.93 bits per heavy atom. The van der Waals surface area contributed by atoms with E-state index in [9.17, 15) is 14.4 Å². The lowest BCUT2D eigenvalue weighted by atomic mass is 9.88. The average molecular weight is 568 g/mol. The molecule has 0 saturated carbocycles. The number of amides is 2. The number of carbonyl (C=O) groups excluding carboxylic acids is 3. The molecule has 0 atom stereocenters. The molecule has 210 valence electrons. The van der Waals surface area contributed by atoms with Gasteiger partial charge < -0.3 is 31.0 Å². The van der Waals surface area contributed by atoms with Crippen molar-refractivity contribution in [2.75, 3.05) is 38.2 Å². The molecule has 0 radical (unpaired) electrons. The number of guanidine groups is 1.